The number of esters is 1. The topological polar surface area (TPSA) is 93.3 Å². The van der Waals surface area contributed by atoms with Crippen LogP contribution >= 0.6 is 11.3 Å². The minimum atomic E-state index is -0.628. The Morgan fingerprint density at radius 1 is 1.19 bits per heavy atom. The molecule has 0 saturated heterocycles. The average Bonchev–Trinajstić information content (AvgIpc) is 3.16. The normalized spacial score (nSPS) is 14.3. The number of hydrogen-bond donors (Lipinski definition) is 0. The summed E-state index contributed by atoms with van der Waals surface area (Å²) in [7, 11) is 0. The number of carbonyl (C=O) groups excluding carboxylic acids is 2. The van der Waals surface area contributed by atoms with E-state index in [1.165, 1.54) is 26.8 Å². The number of amides is 1. The highest BCUT2D eigenvalue weighted by Gasteiger charge is 2.26. The van der Waals surface area contributed by atoms with Gasteiger partial charge in [-0.2, -0.15) is 5.10 Å². The Kier molecular flexibility index (Phi) is 4.51. The predicted octanol–water partition coefficient (Wildman–Crippen LogP) is 1.98. The highest BCUT2D eigenvalue weighted by molar-refractivity contribution is 7.15. The Hall–Kier alpha value is -3.33. The van der Waals surface area contributed by atoms with E-state index in [0.717, 1.165) is 0 Å². The molecule has 1 aliphatic rings. The summed E-state index contributed by atoms with van der Waals surface area (Å²) in [6.07, 6.45) is 2.02. The Morgan fingerprint density at radius 3 is 2.81 bits per heavy atom. The van der Waals surface area contributed by atoms with Crippen molar-refractivity contribution in [1.29, 1.82) is 0 Å². The number of fused-ring (bicyclic) bond motifs is 1. The number of ether oxygens (including phenoxy) is 1. The molecular weight excluding hydrogens is 368 g/mol. The molecule has 0 N–H and O–H groups in total. The number of benzene rings is 1. The Morgan fingerprint density at radius 2 is 2.00 bits per heavy atom. The highest BCUT2D eigenvalue weighted by atomic mass is 32.1. The number of nitrogens with zero attached hydrogens (tertiary/aromatic N) is 4. The van der Waals surface area contributed by atoms with Crippen LogP contribution in [0.15, 0.2) is 57.9 Å². The van der Waals surface area contributed by atoms with E-state index in [0.29, 0.717) is 16.3 Å². The van der Waals surface area contributed by atoms with E-state index in [4.69, 9.17) is 4.74 Å². The molecule has 4 rings (SSSR count). The maximum absolute atomic E-state index is 12.4. The SMILES string of the molecule is O=C(OCc1cc(=O)n2ccsc2n1)C1=NN(c2ccccc2)C(=O)CC1. The lowest BCUT2D eigenvalue weighted by Crippen LogP contribution is -2.35. The van der Waals surface area contributed by atoms with Crippen molar-refractivity contribution in [2.45, 2.75) is 19.4 Å². The Bertz CT molecular complexity index is 1100. The summed E-state index contributed by atoms with van der Waals surface area (Å²) in [5.41, 5.74) is 0.879. The second-order valence-electron chi connectivity index (χ2n) is 5.81. The van der Waals surface area contributed by atoms with Crippen LogP contribution in [0.4, 0.5) is 5.69 Å². The van der Waals surface area contributed by atoms with Crippen LogP contribution in [0.25, 0.3) is 4.96 Å². The maximum atomic E-state index is 12.4. The predicted molar refractivity (Wildman–Crippen MR) is 99.7 cm³/mol. The van der Waals surface area contributed by atoms with Crippen molar-refractivity contribution in [1.82, 2.24) is 9.38 Å². The quantitative estimate of drug-likeness (QED) is 0.643. The van der Waals surface area contributed by atoms with Gasteiger partial charge in [-0.25, -0.2) is 14.8 Å². The fourth-order valence-electron chi connectivity index (χ4n) is 2.66. The van der Waals surface area contributed by atoms with Crippen molar-refractivity contribution in [3.8, 4) is 0 Å². The zero-order chi connectivity index (χ0) is 18.8. The number of aromatic nitrogens is 2. The third-order valence-electron chi connectivity index (χ3n) is 3.98. The van der Waals surface area contributed by atoms with Gasteiger partial charge in [0.05, 0.1) is 11.4 Å². The number of hydrazone groups is 1. The molecule has 0 spiro atoms. The van der Waals surface area contributed by atoms with Crippen LogP contribution < -0.4 is 10.6 Å². The van der Waals surface area contributed by atoms with Gasteiger partial charge in [-0.05, 0) is 12.1 Å². The van der Waals surface area contributed by atoms with Gasteiger partial charge in [0, 0.05) is 30.5 Å². The summed E-state index contributed by atoms with van der Waals surface area (Å²) < 4.78 is 6.67. The van der Waals surface area contributed by atoms with Crippen molar-refractivity contribution in [2.75, 3.05) is 5.01 Å². The molecule has 1 aliphatic heterocycles. The van der Waals surface area contributed by atoms with E-state index in [1.807, 2.05) is 6.07 Å². The van der Waals surface area contributed by atoms with E-state index < -0.39 is 5.97 Å². The lowest BCUT2D eigenvalue weighted by Gasteiger charge is -2.22. The van der Waals surface area contributed by atoms with Crippen molar-refractivity contribution in [3.63, 3.8) is 0 Å². The second kappa shape index (κ2) is 7.12. The van der Waals surface area contributed by atoms with Gasteiger partial charge in [0.15, 0.2) is 4.96 Å². The van der Waals surface area contributed by atoms with E-state index in [-0.39, 0.29) is 36.6 Å². The van der Waals surface area contributed by atoms with Crippen LogP contribution in [0, 0.1) is 0 Å². The van der Waals surface area contributed by atoms with E-state index in [1.54, 1.807) is 35.8 Å². The third-order valence-corrected chi connectivity index (χ3v) is 4.73. The molecular formula is C18H14N4O4S. The minimum absolute atomic E-state index is 0.138. The van der Waals surface area contributed by atoms with Crippen LogP contribution in [0.5, 0.6) is 0 Å². The molecule has 0 aliphatic carbocycles. The summed E-state index contributed by atoms with van der Waals surface area (Å²) in [4.78, 5) is 41.2. The van der Waals surface area contributed by atoms with Crippen molar-refractivity contribution >= 4 is 39.6 Å². The summed E-state index contributed by atoms with van der Waals surface area (Å²) in [5, 5.41) is 7.11. The van der Waals surface area contributed by atoms with Crippen LogP contribution in [-0.4, -0.2) is 27.0 Å². The van der Waals surface area contributed by atoms with Crippen molar-refractivity contribution in [3.05, 3.63) is 64.0 Å². The molecule has 2 aromatic heterocycles. The van der Waals surface area contributed by atoms with Gasteiger partial charge < -0.3 is 4.74 Å². The largest absolute Gasteiger partial charge is 0.455 e. The molecule has 9 heteroatoms. The number of rotatable bonds is 4. The molecule has 0 bridgehead atoms. The maximum Gasteiger partial charge on any atom is 0.354 e. The van der Waals surface area contributed by atoms with E-state index >= 15 is 0 Å². The number of anilines is 1. The summed E-state index contributed by atoms with van der Waals surface area (Å²) in [6.45, 7) is -0.138. The number of carbonyl (C=O) groups is 2. The molecule has 3 aromatic rings. The van der Waals surface area contributed by atoms with E-state index in [9.17, 15) is 14.4 Å². The first-order chi connectivity index (χ1) is 13.1. The van der Waals surface area contributed by atoms with Crippen LogP contribution in [0.1, 0.15) is 18.5 Å². The van der Waals surface area contributed by atoms with Crippen LogP contribution in [0.2, 0.25) is 0 Å². The van der Waals surface area contributed by atoms with Gasteiger partial charge in [-0.1, -0.05) is 18.2 Å². The smallest absolute Gasteiger partial charge is 0.354 e. The van der Waals surface area contributed by atoms with Crippen molar-refractivity contribution < 1.29 is 14.3 Å². The first-order valence-corrected chi connectivity index (χ1v) is 9.08. The first kappa shape index (κ1) is 17.1. The number of para-hydroxylation sites is 1. The summed E-state index contributed by atoms with van der Waals surface area (Å²) in [6, 6.07) is 10.2. The number of hydrogen-bond acceptors (Lipinski definition) is 7. The second-order valence-corrected chi connectivity index (χ2v) is 6.68. The molecule has 136 valence electrons. The molecule has 3 heterocycles. The Balaban J connectivity index is 1.50. The van der Waals surface area contributed by atoms with Gasteiger partial charge in [0.25, 0.3) is 5.56 Å². The number of thiazole rings is 1. The van der Waals surface area contributed by atoms with Gasteiger partial charge in [-0.15, -0.1) is 11.3 Å². The molecule has 0 saturated carbocycles. The molecule has 0 atom stereocenters. The molecule has 0 unspecified atom stereocenters. The monoisotopic (exact) mass is 382 g/mol. The molecule has 1 amide bonds. The zero-order valence-electron chi connectivity index (χ0n) is 14.1. The molecule has 27 heavy (non-hydrogen) atoms. The third kappa shape index (κ3) is 3.49. The van der Waals surface area contributed by atoms with Gasteiger partial charge in [0.2, 0.25) is 5.91 Å². The average molecular weight is 382 g/mol. The van der Waals surface area contributed by atoms with Gasteiger partial charge in [0.1, 0.15) is 12.3 Å². The minimum Gasteiger partial charge on any atom is -0.455 e. The Labute approximate surface area is 157 Å². The molecule has 8 nitrogen and oxygen atoms in total. The fourth-order valence-corrected chi connectivity index (χ4v) is 3.39. The van der Waals surface area contributed by atoms with Crippen LogP contribution in [-0.2, 0) is 20.9 Å². The standard InChI is InChI=1S/C18H14N4O4S/c23-15-7-6-14(20-22(15)13-4-2-1-3-5-13)17(25)26-11-12-10-16(24)21-8-9-27-18(21)19-12/h1-5,8-10H,6-7,11H2. The van der Waals surface area contributed by atoms with Crippen LogP contribution in [0.3, 0.4) is 0 Å². The van der Waals surface area contributed by atoms with E-state index in [2.05, 4.69) is 10.1 Å². The fraction of sp³-hybridized carbons (Fsp3) is 0.167. The van der Waals surface area contributed by atoms with Crippen molar-refractivity contribution in [2.24, 2.45) is 5.10 Å². The lowest BCUT2D eigenvalue weighted by atomic mass is 10.1. The first-order valence-electron chi connectivity index (χ1n) is 8.20. The molecule has 0 fully saturated rings. The van der Waals surface area contributed by atoms with Gasteiger partial charge >= 0.3 is 5.97 Å². The summed E-state index contributed by atoms with van der Waals surface area (Å²) in [5.74, 6) is -0.813. The molecule has 1 aromatic carbocycles. The highest BCUT2D eigenvalue weighted by Crippen LogP contribution is 2.20. The lowest BCUT2D eigenvalue weighted by molar-refractivity contribution is -0.137. The molecule has 0 radical (unpaired) electrons. The van der Waals surface area contributed by atoms with Gasteiger partial charge in [-0.3, -0.25) is 14.0 Å². The summed E-state index contributed by atoms with van der Waals surface area (Å²) >= 11 is 1.32. The zero-order valence-corrected chi connectivity index (χ0v) is 14.9.